The number of rotatable bonds is 5. The maximum absolute atomic E-state index is 5.30. The van der Waals surface area contributed by atoms with Gasteiger partial charge in [0.2, 0.25) is 0 Å². The summed E-state index contributed by atoms with van der Waals surface area (Å²) in [4.78, 5) is 5.44. The molecule has 96 valence electrons. The normalized spacial score (nSPS) is 30.1. The molecule has 2 aliphatic heterocycles. The van der Waals surface area contributed by atoms with E-state index in [0.717, 1.165) is 18.5 Å². The zero-order valence-corrected chi connectivity index (χ0v) is 11.2. The van der Waals surface area contributed by atoms with Crippen molar-refractivity contribution in [1.29, 1.82) is 0 Å². The Balaban J connectivity index is 1.80. The number of fused-ring (bicyclic) bond motifs is 1. The minimum atomic E-state index is 0.787. The topological polar surface area (TPSA) is 6.48 Å². The lowest BCUT2D eigenvalue weighted by molar-refractivity contribution is 0.0482. The van der Waals surface area contributed by atoms with Crippen molar-refractivity contribution in [2.24, 2.45) is 0 Å². The molecule has 2 rings (SSSR count). The van der Waals surface area contributed by atoms with Crippen LogP contribution in [0.15, 0.2) is 0 Å². The van der Waals surface area contributed by atoms with Gasteiger partial charge in [-0.15, -0.1) is 12.3 Å². The van der Waals surface area contributed by atoms with Crippen molar-refractivity contribution in [2.45, 2.75) is 57.5 Å². The highest BCUT2D eigenvalue weighted by Gasteiger charge is 2.34. The van der Waals surface area contributed by atoms with Crippen LogP contribution in [0.4, 0.5) is 0 Å². The Hall–Kier alpha value is -0.520. The number of hydrogen-bond donors (Lipinski definition) is 0. The van der Waals surface area contributed by atoms with Crippen LogP contribution in [0, 0.1) is 12.3 Å². The lowest BCUT2D eigenvalue weighted by Crippen LogP contribution is -2.55. The van der Waals surface area contributed by atoms with Gasteiger partial charge in [-0.1, -0.05) is 6.92 Å². The third-order valence-electron chi connectivity index (χ3n) is 4.39. The molecule has 2 atom stereocenters. The van der Waals surface area contributed by atoms with Crippen molar-refractivity contribution in [3.63, 3.8) is 0 Å². The molecule has 0 aromatic heterocycles. The number of unbranched alkanes of at least 4 members (excludes halogenated alkanes) is 2. The molecule has 2 nitrogen and oxygen atoms in total. The molecule has 0 spiro atoms. The predicted octanol–water partition coefficient (Wildman–Crippen LogP) is 2.35. The summed E-state index contributed by atoms with van der Waals surface area (Å²) >= 11 is 0. The summed E-state index contributed by atoms with van der Waals surface area (Å²) in [6, 6.07) is 1.64. The van der Waals surface area contributed by atoms with Crippen LogP contribution in [-0.2, 0) is 0 Å². The van der Waals surface area contributed by atoms with E-state index in [1.54, 1.807) is 0 Å². The summed E-state index contributed by atoms with van der Waals surface area (Å²) in [7, 11) is 0. The highest BCUT2D eigenvalue weighted by atomic mass is 15.3. The van der Waals surface area contributed by atoms with E-state index in [1.165, 1.54) is 58.3 Å². The van der Waals surface area contributed by atoms with Gasteiger partial charge in [-0.25, -0.2) is 0 Å². The monoisotopic (exact) mass is 234 g/mol. The van der Waals surface area contributed by atoms with Crippen LogP contribution in [0.5, 0.6) is 0 Å². The number of terminal acetylenes is 1. The minimum absolute atomic E-state index is 0.787. The molecule has 0 aliphatic carbocycles. The molecule has 0 saturated carbocycles. The van der Waals surface area contributed by atoms with E-state index in [0.29, 0.717) is 0 Å². The number of nitrogens with zero attached hydrogens (tertiary/aromatic N) is 2. The van der Waals surface area contributed by atoms with Gasteiger partial charge in [0, 0.05) is 31.6 Å². The average Bonchev–Trinajstić information content (AvgIpc) is 2.80. The fraction of sp³-hybridized carbons (Fsp3) is 0.867. The molecule has 2 fully saturated rings. The van der Waals surface area contributed by atoms with Crippen molar-refractivity contribution in [2.75, 3.05) is 26.2 Å². The van der Waals surface area contributed by atoms with Crippen molar-refractivity contribution in [3.05, 3.63) is 0 Å². The molecule has 0 radical (unpaired) electrons. The summed E-state index contributed by atoms with van der Waals surface area (Å²) in [6.45, 7) is 7.52. The first-order valence-electron chi connectivity index (χ1n) is 7.26. The zero-order valence-electron chi connectivity index (χ0n) is 11.2. The molecule has 2 heterocycles. The Bertz CT molecular complexity index is 269. The third kappa shape index (κ3) is 3.24. The molecule has 2 aliphatic rings. The van der Waals surface area contributed by atoms with Gasteiger partial charge in [-0.2, -0.15) is 0 Å². The molecule has 2 saturated heterocycles. The second-order valence-corrected chi connectivity index (χ2v) is 5.51. The summed E-state index contributed by atoms with van der Waals surface area (Å²) in [5, 5.41) is 0. The van der Waals surface area contributed by atoms with Gasteiger partial charge in [0.25, 0.3) is 0 Å². The largest absolute Gasteiger partial charge is 0.298 e. The third-order valence-corrected chi connectivity index (χ3v) is 4.39. The molecule has 2 unspecified atom stereocenters. The first-order chi connectivity index (χ1) is 8.35. The van der Waals surface area contributed by atoms with Gasteiger partial charge in [-0.3, -0.25) is 9.80 Å². The van der Waals surface area contributed by atoms with Crippen LogP contribution in [0.3, 0.4) is 0 Å². The Labute approximate surface area is 106 Å². The van der Waals surface area contributed by atoms with E-state index in [1.807, 2.05) is 0 Å². The van der Waals surface area contributed by atoms with E-state index in [2.05, 4.69) is 22.6 Å². The average molecular weight is 234 g/mol. The van der Waals surface area contributed by atoms with Gasteiger partial charge >= 0.3 is 0 Å². The van der Waals surface area contributed by atoms with E-state index in [4.69, 9.17) is 6.42 Å². The van der Waals surface area contributed by atoms with Crippen molar-refractivity contribution < 1.29 is 0 Å². The van der Waals surface area contributed by atoms with Crippen LogP contribution in [0.25, 0.3) is 0 Å². The second-order valence-electron chi connectivity index (χ2n) is 5.51. The molecule has 0 aromatic carbocycles. The van der Waals surface area contributed by atoms with E-state index >= 15 is 0 Å². The van der Waals surface area contributed by atoms with Crippen molar-refractivity contribution in [3.8, 4) is 12.3 Å². The van der Waals surface area contributed by atoms with Crippen molar-refractivity contribution in [1.82, 2.24) is 9.80 Å². The molecular weight excluding hydrogens is 208 g/mol. The standard InChI is InChI=1S/C15H26N2/c1-3-5-6-7-10-16-13-15-9-8-11-17(15)12-14(16)4-2/h1,14-15H,4-13H2,2H3. The van der Waals surface area contributed by atoms with E-state index in [9.17, 15) is 0 Å². The molecule has 0 amide bonds. The fourth-order valence-electron chi connectivity index (χ4n) is 3.35. The molecule has 0 N–H and O–H groups in total. The molecule has 17 heavy (non-hydrogen) atoms. The number of hydrogen-bond acceptors (Lipinski definition) is 2. The van der Waals surface area contributed by atoms with E-state index < -0.39 is 0 Å². The van der Waals surface area contributed by atoms with Crippen LogP contribution < -0.4 is 0 Å². The van der Waals surface area contributed by atoms with Crippen LogP contribution in [-0.4, -0.2) is 48.1 Å². The second kappa shape index (κ2) is 6.42. The quantitative estimate of drug-likeness (QED) is 0.532. The first kappa shape index (κ1) is 12.9. The van der Waals surface area contributed by atoms with Gasteiger partial charge < -0.3 is 0 Å². The summed E-state index contributed by atoms with van der Waals surface area (Å²) in [5.74, 6) is 2.74. The van der Waals surface area contributed by atoms with Crippen LogP contribution >= 0.6 is 0 Å². The summed E-state index contributed by atoms with van der Waals surface area (Å²) in [5.41, 5.74) is 0. The zero-order chi connectivity index (χ0) is 12.1. The maximum Gasteiger partial charge on any atom is 0.0224 e. The van der Waals surface area contributed by atoms with Crippen LogP contribution in [0.2, 0.25) is 0 Å². The van der Waals surface area contributed by atoms with E-state index in [-0.39, 0.29) is 0 Å². The summed E-state index contributed by atoms with van der Waals surface area (Å²) < 4.78 is 0. The Kier molecular flexibility index (Phi) is 4.88. The SMILES string of the molecule is C#CCCCCN1CC2CCCN2CC1CC. The highest BCUT2D eigenvalue weighted by Crippen LogP contribution is 2.25. The molecule has 2 heteroatoms. The van der Waals surface area contributed by atoms with Crippen LogP contribution in [0.1, 0.15) is 45.4 Å². The van der Waals surface area contributed by atoms with Gasteiger partial charge in [0.15, 0.2) is 0 Å². The minimum Gasteiger partial charge on any atom is -0.298 e. The first-order valence-corrected chi connectivity index (χ1v) is 7.26. The maximum atomic E-state index is 5.30. The fourth-order valence-corrected chi connectivity index (χ4v) is 3.35. The smallest absolute Gasteiger partial charge is 0.0224 e. The molecular formula is C15H26N2. The van der Waals surface area contributed by atoms with Gasteiger partial charge in [0.05, 0.1) is 0 Å². The lowest BCUT2D eigenvalue weighted by Gasteiger charge is -2.43. The number of piperazine rings is 1. The predicted molar refractivity (Wildman–Crippen MR) is 72.9 cm³/mol. The van der Waals surface area contributed by atoms with Gasteiger partial charge in [0.1, 0.15) is 0 Å². The Morgan fingerprint density at radius 3 is 2.94 bits per heavy atom. The Morgan fingerprint density at radius 1 is 1.29 bits per heavy atom. The summed E-state index contributed by atoms with van der Waals surface area (Å²) in [6.07, 6.45) is 12.8. The van der Waals surface area contributed by atoms with Gasteiger partial charge in [-0.05, 0) is 45.2 Å². The lowest BCUT2D eigenvalue weighted by atomic mass is 10.0. The highest BCUT2D eigenvalue weighted by molar-refractivity contribution is 4.91. The van der Waals surface area contributed by atoms with Crippen molar-refractivity contribution >= 4 is 0 Å². The molecule has 0 bridgehead atoms. The Morgan fingerprint density at radius 2 is 2.18 bits per heavy atom. The molecule has 0 aromatic rings.